The summed E-state index contributed by atoms with van der Waals surface area (Å²) in [5.74, 6) is -0.157. The van der Waals surface area contributed by atoms with Gasteiger partial charge in [0.1, 0.15) is 73.2 Å². The molecule has 8 rings (SSSR count). The summed E-state index contributed by atoms with van der Waals surface area (Å²) >= 11 is 0. The van der Waals surface area contributed by atoms with Gasteiger partial charge in [-0.3, -0.25) is 4.79 Å². The average molecular weight is 943 g/mol. The number of carbonyl (C=O) groups excluding carboxylic acids is 1. The third-order valence-corrected chi connectivity index (χ3v) is 19.3. The van der Waals surface area contributed by atoms with E-state index in [0.29, 0.717) is 19.3 Å². The fraction of sp³-hybridized carbons (Fsp3) is 0.938. The molecule has 5 aliphatic carbocycles. The van der Waals surface area contributed by atoms with Gasteiger partial charge in [-0.1, -0.05) is 60.1 Å². The molecular weight excluding hydrogens is 865 g/mol. The second-order valence-electron chi connectivity index (χ2n) is 23.5. The van der Waals surface area contributed by atoms with E-state index in [1.165, 1.54) is 5.57 Å². The van der Waals surface area contributed by atoms with E-state index in [1.54, 1.807) is 0 Å². The molecule has 3 saturated heterocycles. The molecule has 4 saturated carbocycles. The third-order valence-electron chi connectivity index (χ3n) is 19.3. The van der Waals surface area contributed by atoms with E-state index >= 15 is 0 Å². The molecule has 3 heterocycles. The van der Waals surface area contributed by atoms with E-state index in [1.807, 2.05) is 0 Å². The molecule has 0 unspecified atom stereocenters. The number of hydrogen-bond donors (Lipinski definition) is 11. The first-order valence-electron chi connectivity index (χ1n) is 24.3. The minimum absolute atomic E-state index is 0.0540. The van der Waals surface area contributed by atoms with Gasteiger partial charge in [-0.05, 0) is 109 Å². The molecule has 7 fully saturated rings. The van der Waals surface area contributed by atoms with Crippen molar-refractivity contribution in [1.29, 1.82) is 0 Å². The largest absolute Gasteiger partial charge is 0.432 e. The molecule has 0 spiro atoms. The fourth-order valence-electron chi connectivity index (χ4n) is 15.0. The number of aliphatic hydroxyl groups is 11. The average Bonchev–Trinajstić information content (AvgIpc) is 3.27. The Kier molecular flexibility index (Phi) is 13.9. The highest BCUT2D eigenvalue weighted by Gasteiger charge is 2.70. The van der Waals surface area contributed by atoms with Crippen molar-refractivity contribution < 1.29 is 89.4 Å². The number of aliphatic hydroxyl groups excluding tert-OH is 11. The predicted octanol–water partition coefficient (Wildman–Crippen LogP) is 0.141. The molecule has 0 aromatic heterocycles. The van der Waals surface area contributed by atoms with Crippen LogP contribution in [0.1, 0.15) is 113 Å². The molecule has 23 atom stereocenters. The highest BCUT2D eigenvalue weighted by Crippen LogP contribution is 2.76. The Bertz CT molecular complexity index is 1790. The number of hydrogen-bond acceptors (Lipinski definition) is 18. The Labute approximate surface area is 387 Å². The van der Waals surface area contributed by atoms with Gasteiger partial charge in [0.25, 0.3) is 0 Å². The summed E-state index contributed by atoms with van der Waals surface area (Å²) in [6, 6.07) is 0. The van der Waals surface area contributed by atoms with Gasteiger partial charge >= 0.3 is 5.97 Å². The van der Waals surface area contributed by atoms with Crippen molar-refractivity contribution >= 4 is 5.97 Å². The number of fused-ring (bicyclic) bond motifs is 7. The number of rotatable bonds is 9. The van der Waals surface area contributed by atoms with Gasteiger partial charge in [-0.2, -0.15) is 0 Å². The number of allylic oxidation sites excluding steroid dienone is 2. The smallest absolute Gasteiger partial charge is 0.315 e. The summed E-state index contributed by atoms with van der Waals surface area (Å²) in [5, 5.41) is 115. The first-order valence-corrected chi connectivity index (χ1v) is 24.3. The number of ether oxygens (including phenoxy) is 6. The molecule has 3 aliphatic heterocycles. The van der Waals surface area contributed by atoms with Crippen LogP contribution in [0.5, 0.6) is 0 Å². The van der Waals surface area contributed by atoms with Crippen molar-refractivity contribution in [1.82, 2.24) is 0 Å². The van der Waals surface area contributed by atoms with Crippen LogP contribution in [0.3, 0.4) is 0 Å². The third kappa shape index (κ3) is 7.87. The maximum atomic E-state index is 14.7. The van der Waals surface area contributed by atoms with E-state index < -0.39 is 135 Å². The molecule has 18 nitrogen and oxygen atoms in total. The van der Waals surface area contributed by atoms with Gasteiger partial charge in [0, 0.05) is 0 Å². The highest BCUT2D eigenvalue weighted by molar-refractivity contribution is 5.79. The summed E-state index contributed by atoms with van der Waals surface area (Å²) in [6.07, 6.45) is -13.5. The van der Waals surface area contributed by atoms with Gasteiger partial charge in [-0.25, -0.2) is 0 Å². The molecule has 0 amide bonds. The predicted molar refractivity (Wildman–Crippen MR) is 230 cm³/mol. The normalized spacial score (nSPS) is 53.3. The Hall–Kier alpha value is -1.43. The Balaban J connectivity index is 0.998. The lowest BCUT2D eigenvalue weighted by Crippen LogP contribution is -2.67. The van der Waals surface area contributed by atoms with Crippen molar-refractivity contribution in [3.63, 3.8) is 0 Å². The minimum Gasteiger partial charge on any atom is -0.432 e. The SMILES string of the molecule is CC1(C)CC[C@]2(C(=O)O[C@@H]3O[C@H](CO)[C@@H](O)[C@H](O)[C@H]3O)CC[C@]3(C)C(=CC[C@@H]4[C@]5(C)CC[C@H](O[C@@H]6O[C@H](CO)[C@@H](O[C@@H]7O[C@H](CO)[C@H](O)[C@H](O)[C@H]7O)[C@H](O)[C@H]6O)C(C)(C)[C@@H]5CC[C@@]43C)[C@@H]2C1. The van der Waals surface area contributed by atoms with Crippen LogP contribution in [0.15, 0.2) is 11.6 Å². The van der Waals surface area contributed by atoms with Gasteiger partial charge in [0.15, 0.2) is 12.6 Å². The zero-order chi connectivity index (χ0) is 48.3. The van der Waals surface area contributed by atoms with E-state index in [9.17, 15) is 61.0 Å². The van der Waals surface area contributed by atoms with Crippen LogP contribution >= 0.6 is 0 Å². The van der Waals surface area contributed by atoms with Crippen LogP contribution in [-0.2, 0) is 33.2 Å². The Morgan fingerprint density at radius 1 is 0.606 bits per heavy atom. The van der Waals surface area contributed by atoms with Crippen LogP contribution < -0.4 is 0 Å². The van der Waals surface area contributed by atoms with Crippen LogP contribution in [0.2, 0.25) is 0 Å². The van der Waals surface area contributed by atoms with Crippen LogP contribution in [0.25, 0.3) is 0 Å². The maximum Gasteiger partial charge on any atom is 0.315 e. The fourth-order valence-corrected chi connectivity index (χ4v) is 15.0. The molecule has 0 aromatic rings. The topological polar surface area (TPSA) is 295 Å². The minimum atomic E-state index is -1.77. The van der Waals surface area contributed by atoms with Crippen LogP contribution in [0, 0.1) is 50.2 Å². The number of carbonyl (C=O) groups is 1. The number of esters is 1. The Morgan fingerprint density at radius 2 is 1.15 bits per heavy atom. The van der Waals surface area contributed by atoms with E-state index in [4.69, 9.17) is 28.4 Å². The lowest BCUT2D eigenvalue weighted by atomic mass is 9.33. The van der Waals surface area contributed by atoms with Crippen molar-refractivity contribution in [3.8, 4) is 0 Å². The van der Waals surface area contributed by atoms with Crippen molar-refractivity contribution in [3.05, 3.63) is 11.6 Å². The first kappa shape index (κ1) is 50.9. The van der Waals surface area contributed by atoms with E-state index in [2.05, 4.69) is 54.5 Å². The molecule has 8 aliphatic rings. The molecule has 11 N–H and O–H groups in total. The summed E-state index contributed by atoms with van der Waals surface area (Å²) in [4.78, 5) is 14.7. The van der Waals surface area contributed by atoms with Gasteiger partial charge in [-0.15, -0.1) is 0 Å². The van der Waals surface area contributed by atoms with E-state index in [0.717, 1.165) is 44.9 Å². The lowest BCUT2D eigenvalue weighted by molar-refractivity contribution is -0.368. The quantitative estimate of drug-likeness (QED) is 0.0833. The van der Waals surface area contributed by atoms with Gasteiger partial charge in [0.2, 0.25) is 6.29 Å². The zero-order valence-corrected chi connectivity index (χ0v) is 39.5. The summed E-state index contributed by atoms with van der Waals surface area (Å²) in [7, 11) is 0. The first-order chi connectivity index (χ1) is 30.9. The second-order valence-corrected chi connectivity index (χ2v) is 23.5. The molecule has 378 valence electrons. The molecule has 18 heteroatoms. The molecular formula is C48H78O18. The van der Waals surface area contributed by atoms with Gasteiger partial charge in [0.05, 0.1) is 31.3 Å². The molecule has 0 aromatic carbocycles. The van der Waals surface area contributed by atoms with Crippen LogP contribution in [-0.4, -0.2) is 180 Å². The van der Waals surface area contributed by atoms with Crippen molar-refractivity contribution in [2.75, 3.05) is 19.8 Å². The van der Waals surface area contributed by atoms with Crippen molar-refractivity contribution in [2.45, 2.75) is 211 Å². The summed E-state index contributed by atoms with van der Waals surface area (Å²) in [5.41, 5.74) is -0.613. The monoisotopic (exact) mass is 943 g/mol. The summed E-state index contributed by atoms with van der Waals surface area (Å²) < 4.78 is 35.6. The molecule has 0 radical (unpaired) electrons. The van der Waals surface area contributed by atoms with Crippen LogP contribution in [0.4, 0.5) is 0 Å². The Morgan fingerprint density at radius 3 is 1.77 bits per heavy atom. The van der Waals surface area contributed by atoms with Gasteiger partial charge < -0.3 is 84.6 Å². The second kappa shape index (κ2) is 18.0. The van der Waals surface area contributed by atoms with E-state index in [-0.39, 0.29) is 39.4 Å². The molecule has 0 bridgehead atoms. The summed E-state index contributed by atoms with van der Waals surface area (Å²) in [6.45, 7) is 14.1. The lowest BCUT2D eigenvalue weighted by Gasteiger charge is -2.71. The zero-order valence-electron chi connectivity index (χ0n) is 39.5. The highest BCUT2D eigenvalue weighted by atomic mass is 16.7. The molecule has 66 heavy (non-hydrogen) atoms. The maximum absolute atomic E-state index is 14.7. The van der Waals surface area contributed by atoms with Crippen molar-refractivity contribution in [2.24, 2.45) is 50.2 Å². The standard InChI is InChI=1S/C48H78O18/c1-43(2)14-16-48(42(60)66-41-36(58)33(55)31(53)25(20-50)62-41)17-15-46(6)22(23(48)18-43)8-9-28-45(5)12-11-29(44(3,4)27(45)10-13-47(28,46)7)64-39-37(59)34(56)38(26(21-51)63-39)65-40-35(57)32(54)30(52)24(19-49)61-40/h8,23-41,49-59H,9-21H2,1-7H3/t23-,24+,25+,26+,27-,28+,29-,30-,31+,32-,33-,34+,35+,36+,37+,38+,39-,40-,41-,45+,46+,47-,48-/m0/s1.